The summed E-state index contributed by atoms with van der Waals surface area (Å²) in [5.41, 5.74) is 0. The maximum atomic E-state index is 12.2. The van der Waals surface area contributed by atoms with E-state index >= 15 is 0 Å². The molecule has 0 aliphatic carbocycles. The molecule has 0 aliphatic rings. The van der Waals surface area contributed by atoms with Crippen molar-refractivity contribution < 1.29 is 9.53 Å². The smallest absolute Gasteiger partial charge is 0.308 e. The number of ether oxygens (including phenoxy) is 1. The first-order valence-electron chi connectivity index (χ1n) is 14.2. The van der Waals surface area contributed by atoms with Gasteiger partial charge in [-0.15, -0.1) is 0 Å². The van der Waals surface area contributed by atoms with E-state index in [4.69, 9.17) is 4.74 Å². The summed E-state index contributed by atoms with van der Waals surface area (Å²) >= 11 is 0. The standard InChI is InChI=1S/C29H58O2/c1-6-8-9-10-11-12-13-14-15-16-17-18-19-20-21-22-23-31-29(30)28(5)25-27(4)24-26(3)7-2/h26-28H,6-25H2,1-5H3/t26-,27-,28-/m1/s1. The highest BCUT2D eigenvalue weighted by Crippen LogP contribution is 2.22. The van der Waals surface area contributed by atoms with Crippen LogP contribution < -0.4 is 0 Å². The molecule has 2 nitrogen and oxygen atoms in total. The SMILES string of the molecule is CCCCCCCCCCCCCCCCCCOC(=O)[C@H](C)C[C@H](C)C[C@H](C)CC. The maximum absolute atomic E-state index is 12.2. The molecule has 0 radical (unpaired) electrons. The Hall–Kier alpha value is -0.530. The van der Waals surface area contributed by atoms with Crippen LogP contribution in [0.4, 0.5) is 0 Å². The predicted molar refractivity (Wildman–Crippen MR) is 138 cm³/mol. The largest absolute Gasteiger partial charge is 0.465 e. The summed E-state index contributed by atoms with van der Waals surface area (Å²) in [6.45, 7) is 11.7. The van der Waals surface area contributed by atoms with Crippen LogP contribution in [0.2, 0.25) is 0 Å². The molecular weight excluding hydrogens is 380 g/mol. The van der Waals surface area contributed by atoms with Crippen LogP contribution in [0.1, 0.15) is 157 Å². The summed E-state index contributed by atoms with van der Waals surface area (Å²) in [6, 6.07) is 0. The molecule has 31 heavy (non-hydrogen) atoms. The molecule has 0 heterocycles. The summed E-state index contributed by atoms with van der Waals surface area (Å²) in [6.07, 6.45) is 25.3. The average Bonchev–Trinajstić information content (AvgIpc) is 2.75. The zero-order valence-electron chi connectivity index (χ0n) is 22.2. The minimum absolute atomic E-state index is 0.0111. The van der Waals surface area contributed by atoms with Gasteiger partial charge in [0.2, 0.25) is 0 Å². The van der Waals surface area contributed by atoms with Crippen LogP contribution in [0.5, 0.6) is 0 Å². The molecular formula is C29H58O2. The number of esters is 1. The lowest BCUT2D eigenvalue weighted by Crippen LogP contribution is -2.18. The Kier molecular flexibility index (Phi) is 22.3. The highest BCUT2D eigenvalue weighted by molar-refractivity contribution is 5.71. The quantitative estimate of drug-likeness (QED) is 0.117. The number of rotatable bonds is 23. The van der Waals surface area contributed by atoms with Crippen molar-refractivity contribution >= 4 is 5.97 Å². The molecule has 0 aromatic carbocycles. The third-order valence-corrected chi connectivity index (χ3v) is 6.90. The van der Waals surface area contributed by atoms with E-state index in [9.17, 15) is 4.79 Å². The van der Waals surface area contributed by atoms with Crippen molar-refractivity contribution in [3.05, 3.63) is 0 Å². The average molecular weight is 439 g/mol. The fourth-order valence-electron chi connectivity index (χ4n) is 4.61. The van der Waals surface area contributed by atoms with E-state index in [1.807, 2.05) is 6.92 Å². The topological polar surface area (TPSA) is 26.3 Å². The molecule has 3 atom stereocenters. The predicted octanol–water partition coefficient (Wildman–Crippen LogP) is 9.89. The minimum Gasteiger partial charge on any atom is -0.465 e. The molecule has 2 heteroatoms. The molecule has 0 unspecified atom stereocenters. The molecule has 0 spiro atoms. The molecule has 0 amide bonds. The third kappa shape index (κ3) is 21.1. The van der Waals surface area contributed by atoms with Crippen LogP contribution in [0.3, 0.4) is 0 Å². The van der Waals surface area contributed by atoms with E-state index < -0.39 is 0 Å². The van der Waals surface area contributed by atoms with E-state index in [0.29, 0.717) is 12.5 Å². The Labute approximate surface area is 196 Å². The summed E-state index contributed by atoms with van der Waals surface area (Å²) in [5, 5.41) is 0. The van der Waals surface area contributed by atoms with Crippen molar-refractivity contribution in [1.29, 1.82) is 0 Å². The third-order valence-electron chi connectivity index (χ3n) is 6.90. The van der Waals surface area contributed by atoms with Gasteiger partial charge < -0.3 is 4.74 Å². The van der Waals surface area contributed by atoms with Crippen LogP contribution in [-0.2, 0) is 9.53 Å². The molecule has 0 aliphatic heterocycles. The van der Waals surface area contributed by atoms with Crippen molar-refractivity contribution in [2.45, 2.75) is 157 Å². The summed E-state index contributed by atoms with van der Waals surface area (Å²) in [7, 11) is 0. The molecule has 0 bridgehead atoms. The molecule has 0 fully saturated rings. The lowest BCUT2D eigenvalue weighted by molar-refractivity contribution is -0.148. The van der Waals surface area contributed by atoms with Gasteiger partial charge in [0.25, 0.3) is 0 Å². The van der Waals surface area contributed by atoms with E-state index in [1.54, 1.807) is 0 Å². The van der Waals surface area contributed by atoms with Gasteiger partial charge in [-0.05, 0) is 31.1 Å². The van der Waals surface area contributed by atoms with Gasteiger partial charge in [0, 0.05) is 0 Å². The van der Waals surface area contributed by atoms with Crippen molar-refractivity contribution in [2.75, 3.05) is 6.61 Å². The molecule has 0 aromatic heterocycles. The minimum atomic E-state index is 0.0111. The van der Waals surface area contributed by atoms with E-state index in [2.05, 4.69) is 27.7 Å². The Bertz CT molecular complexity index is 379. The van der Waals surface area contributed by atoms with Gasteiger partial charge in [-0.2, -0.15) is 0 Å². The molecule has 186 valence electrons. The summed E-state index contributed by atoms with van der Waals surface area (Å²) in [5.74, 6) is 1.41. The molecule has 0 N–H and O–H groups in total. The van der Waals surface area contributed by atoms with Crippen LogP contribution in [0.25, 0.3) is 0 Å². The van der Waals surface area contributed by atoms with Crippen molar-refractivity contribution in [3.8, 4) is 0 Å². The number of hydrogen-bond donors (Lipinski definition) is 0. The second-order valence-electron chi connectivity index (χ2n) is 10.5. The second kappa shape index (κ2) is 22.7. The monoisotopic (exact) mass is 438 g/mol. The first-order chi connectivity index (χ1) is 15.0. The van der Waals surface area contributed by atoms with Gasteiger partial charge in [0.15, 0.2) is 0 Å². The van der Waals surface area contributed by atoms with Gasteiger partial charge in [0.1, 0.15) is 0 Å². The molecule has 0 saturated carbocycles. The van der Waals surface area contributed by atoms with Crippen LogP contribution >= 0.6 is 0 Å². The van der Waals surface area contributed by atoms with Crippen LogP contribution in [0, 0.1) is 17.8 Å². The lowest BCUT2D eigenvalue weighted by atomic mass is 9.88. The summed E-state index contributed by atoms with van der Waals surface area (Å²) in [4.78, 5) is 12.2. The summed E-state index contributed by atoms with van der Waals surface area (Å²) < 4.78 is 5.52. The van der Waals surface area contributed by atoms with E-state index in [1.165, 1.54) is 109 Å². The van der Waals surface area contributed by atoms with Gasteiger partial charge in [-0.1, -0.05) is 137 Å². The van der Waals surface area contributed by atoms with E-state index in [0.717, 1.165) is 18.8 Å². The number of carbonyl (C=O) groups is 1. The normalized spacial score (nSPS) is 14.4. The highest BCUT2D eigenvalue weighted by atomic mass is 16.5. The first-order valence-corrected chi connectivity index (χ1v) is 14.2. The Balaban J connectivity index is 3.36. The van der Waals surface area contributed by atoms with Crippen molar-refractivity contribution in [3.63, 3.8) is 0 Å². The number of carbonyl (C=O) groups excluding carboxylic acids is 1. The highest BCUT2D eigenvalue weighted by Gasteiger charge is 2.18. The molecule has 0 rings (SSSR count). The van der Waals surface area contributed by atoms with Crippen LogP contribution in [-0.4, -0.2) is 12.6 Å². The Morgan fingerprint density at radius 1 is 0.581 bits per heavy atom. The van der Waals surface area contributed by atoms with Gasteiger partial charge in [-0.3, -0.25) is 4.79 Å². The first kappa shape index (κ1) is 30.5. The zero-order chi connectivity index (χ0) is 23.2. The van der Waals surface area contributed by atoms with Gasteiger partial charge in [-0.25, -0.2) is 0 Å². The Morgan fingerprint density at radius 2 is 1.00 bits per heavy atom. The maximum Gasteiger partial charge on any atom is 0.308 e. The van der Waals surface area contributed by atoms with Gasteiger partial charge >= 0.3 is 5.97 Å². The molecule has 0 aromatic rings. The van der Waals surface area contributed by atoms with Crippen LogP contribution in [0.15, 0.2) is 0 Å². The van der Waals surface area contributed by atoms with Crippen molar-refractivity contribution in [2.24, 2.45) is 17.8 Å². The fraction of sp³-hybridized carbons (Fsp3) is 0.966. The Morgan fingerprint density at radius 3 is 1.42 bits per heavy atom. The second-order valence-corrected chi connectivity index (χ2v) is 10.5. The number of hydrogen-bond acceptors (Lipinski definition) is 2. The lowest BCUT2D eigenvalue weighted by Gasteiger charge is -2.19. The van der Waals surface area contributed by atoms with Gasteiger partial charge in [0.05, 0.1) is 12.5 Å². The van der Waals surface area contributed by atoms with Crippen molar-refractivity contribution in [1.82, 2.24) is 0 Å². The van der Waals surface area contributed by atoms with E-state index in [-0.39, 0.29) is 11.9 Å². The fourth-order valence-corrected chi connectivity index (χ4v) is 4.61. The zero-order valence-corrected chi connectivity index (χ0v) is 22.2. The molecule has 0 saturated heterocycles. The number of unbranched alkanes of at least 4 members (excludes halogenated alkanes) is 15.